The number of halogens is 3. The van der Waals surface area contributed by atoms with Crippen LogP contribution in [0.2, 0.25) is 5.02 Å². The standard InChI is InChI=1S/C11H6ClF2NO2/c1-17-11(16)5-4-15-10-7(14)3-2-6(13)8(10)9(5)12/h2-4H,1H3. The third kappa shape index (κ3) is 1.82. The van der Waals surface area contributed by atoms with Gasteiger partial charge in [0, 0.05) is 6.20 Å². The van der Waals surface area contributed by atoms with Crippen LogP contribution in [-0.2, 0) is 4.74 Å². The summed E-state index contributed by atoms with van der Waals surface area (Å²) in [5.74, 6) is -2.21. The van der Waals surface area contributed by atoms with Gasteiger partial charge in [0.2, 0.25) is 0 Å². The third-order valence-electron chi connectivity index (χ3n) is 2.26. The maximum absolute atomic E-state index is 13.5. The van der Waals surface area contributed by atoms with Gasteiger partial charge in [-0.3, -0.25) is 4.98 Å². The minimum absolute atomic E-state index is 0.105. The second kappa shape index (κ2) is 4.25. The van der Waals surface area contributed by atoms with Crippen molar-refractivity contribution in [3.8, 4) is 0 Å². The van der Waals surface area contributed by atoms with Gasteiger partial charge in [0.05, 0.1) is 23.1 Å². The molecule has 2 rings (SSSR count). The zero-order chi connectivity index (χ0) is 12.6. The zero-order valence-electron chi connectivity index (χ0n) is 8.63. The largest absolute Gasteiger partial charge is 0.465 e. The van der Waals surface area contributed by atoms with Crippen LogP contribution in [0.3, 0.4) is 0 Å². The molecule has 88 valence electrons. The van der Waals surface area contributed by atoms with Gasteiger partial charge in [-0.1, -0.05) is 11.6 Å². The summed E-state index contributed by atoms with van der Waals surface area (Å²) in [5, 5.41) is -0.437. The fraction of sp³-hybridized carbons (Fsp3) is 0.0909. The van der Waals surface area contributed by atoms with Gasteiger partial charge in [0.1, 0.15) is 17.2 Å². The van der Waals surface area contributed by atoms with Crippen LogP contribution < -0.4 is 0 Å². The quantitative estimate of drug-likeness (QED) is 0.738. The van der Waals surface area contributed by atoms with E-state index in [1.807, 2.05) is 0 Å². The number of carbonyl (C=O) groups excluding carboxylic acids is 1. The number of methoxy groups -OCH3 is 1. The van der Waals surface area contributed by atoms with Gasteiger partial charge < -0.3 is 4.74 Å². The van der Waals surface area contributed by atoms with E-state index in [0.717, 1.165) is 25.4 Å². The molecule has 0 radical (unpaired) electrons. The average molecular weight is 258 g/mol. The highest BCUT2D eigenvalue weighted by Gasteiger charge is 2.18. The van der Waals surface area contributed by atoms with Gasteiger partial charge in [0.25, 0.3) is 0 Å². The molecule has 2 aromatic rings. The Morgan fingerprint density at radius 3 is 2.65 bits per heavy atom. The lowest BCUT2D eigenvalue weighted by Crippen LogP contribution is -2.04. The normalized spacial score (nSPS) is 10.6. The van der Waals surface area contributed by atoms with Crippen LogP contribution in [0.15, 0.2) is 18.3 Å². The van der Waals surface area contributed by atoms with Crippen molar-refractivity contribution >= 4 is 28.5 Å². The Morgan fingerprint density at radius 2 is 2.00 bits per heavy atom. The molecule has 1 aromatic carbocycles. The summed E-state index contributed by atoms with van der Waals surface area (Å²) in [6.45, 7) is 0. The second-order valence-corrected chi connectivity index (χ2v) is 3.61. The molecule has 0 N–H and O–H groups in total. The van der Waals surface area contributed by atoms with Gasteiger partial charge in [-0.25, -0.2) is 13.6 Å². The predicted molar refractivity (Wildman–Crippen MR) is 58.0 cm³/mol. The van der Waals surface area contributed by atoms with E-state index < -0.39 is 17.6 Å². The Kier molecular flexibility index (Phi) is 2.93. The molecule has 0 unspecified atom stereocenters. The third-order valence-corrected chi connectivity index (χ3v) is 2.65. The Labute approximate surface area is 100.0 Å². The van der Waals surface area contributed by atoms with E-state index in [1.54, 1.807) is 0 Å². The fourth-order valence-corrected chi connectivity index (χ4v) is 1.75. The number of pyridine rings is 1. The predicted octanol–water partition coefficient (Wildman–Crippen LogP) is 2.95. The number of esters is 1. The summed E-state index contributed by atoms with van der Waals surface area (Å²) in [7, 11) is 1.16. The van der Waals surface area contributed by atoms with Crippen LogP contribution in [0.5, 0.6) is 0 Å². The van der Waals surface area contributed by atoms with Crippen LogP contribution in [0.4, 0.5) is 8.78 Å². The molecule has 0 atom stereocenters. The first kappa shape index (κ1) is 11.7. The van der Waals surface area contributed by atoms with Crippen molar-refractivity contribution in [3.05, 3.63) is 40.6 Å². The molecule has 0 aliphatic rings. The van der Waals surface area contributed by atoms with E-state index in [4.69, 9.17) is 11.6 Å². The maximum Gasteiger partial charge on any atom is 0.340 e. The number of hydrogen-bond acceptors (Lipinski definition) is 3. The molecule has 1 aromatic heterocycles. The van der Waals surface area contributed by atoms with E-state index in [9.17, 15) is 13.6 Å². The highest BCUT2D eigenvalue weighted by Crippen LogP contribution is 2.29. The van der Waals surface area contributed by atoms with E-state index in [2.05, 4.69) is 9.72 Å². The number of ether oxygens (including phenoxy) is 1. The molecule has 0 spiro atoms. The van der Waals surface area contributed by atoms with Crippen molar-refractivity contribution < 1.29 is 18.3 Å². The summed E-state index contributed by atoms with van der Waals surface area (Å²) < 4.78 is 31.3. The van der Waals surface area contributed by atoms with Crippen molar-refractivity contribution in [2.45, 2.75) is 0 Å². The Morgan fingerprint density at radius 1 is 1.35 bits per heavy atom. The Balaban J connectivity index is 2.84. The molecule has 1 heterocycles. The summed E-state index contributed by atoms with van der Waals surface area (Å²) >= 11 is 5.84. The lowest BCUT2D eigenvalue weighted by atomic mass is 10.1. The van der Waals surface area contributed by atoms with Crippen molar-refractivity contribution in [2.24, 2.45) is 0 Å². The highest BCUT2D eigenvalue weighted by atomic mass is 35.5. The maximum atomic E-state index is 13.5. The average Bonchev–Trinajstić information content (AvgIpc) is 2.33. The molecule has 0 bridgehead atoms. The summed E-state index contributed by atoms with van der Waals surface area (Å²) in [6.07, 6.45) is 1.05. The van der Waals surface area contributed by atoms with Gasteiger partial charge in [0.15, 0.2) is 0 Å². The van der Waals surface area contributed by atoms with Gasteiger partial charge in [-0.05, 0) is 12.1 Å². The first-order valence-electron chi connectivity index (χ1n) is 4.56. The lowest BCUT2D eigenvalue weighted by Gasteiger charge is -2.06. The monoisotopic (exact) mass is 257 g/mol. The van der Waals surface area contributed by atoms with E-state index >= 15 is 0 Å². The number of benzene rings is 1. The van der Waals surface area contributed by atoms with Crippen LogP contribution in [0.1, 0.15) is 10.4 Å². The minimum atomic E-state index is -0.756. The van der Waals surface area contributed by atoms with Crippen molar-refractivity contribution in [2.75, 3.05) is 7.11 Å². The summed E-state index contributed by atoms with van der Waals surface area (Å²) in [4.78, 5) is 15.0. The molecule has 0 saturated carbocycles. The molecular weight excluding hydrogens is 252 g/mol. The molecule has 0 saturated heterocycles. The fourth-order valence-electron chi connectivity index (χ4n) is 1.45. The van der Waals surface area contributed by atoms with Gasteiger partial charge in [-0.15, -0.1) is 0 Å². The number of fused-ring (bicyclic) bond motifs is 1. The topological polar surface area (TPSA) is 39.2 Å². The first-order chi connectivity index (χ1) is 8.06. The minimum Gasteiger partial charge on any atom is -0.465 e. The summed E-state index contributed by atoms with van der Waals surface area (Å²) in [6, 6.07) is 1.87. The number of rotatable bonds is 1. The molecule has 6 heteroatoms. The molecular formula is C11H6ClF2NO2. The van der Waals surface area contributed by atoms with Crippen molar-refractivity contribution in [1.82, 2.24) is 4.98 Å². The van der Waals surface area contributed by atoms with Gasteiger partial charge >= 0.3 is 5.97 Å². The molecule has 0 aliphatic heterocycles. The molecule has 0 amide bonds. The summed E-state index contributed by atoms with van der Waals surface area (Å²) in [5.41, 5.74) is -0.325. The first-order valence-corrected chi connectivity index (χ1v) is 4.94. The van der Waals surface area contributed by atoms with Crippen molar-refractivity contribution in [3.63, 3.8) is 0 Å². The van der Waals surface area contributed by atoms with E-state index in [-0.39, 0.29) is 21.5 Å². The molecule has 3 nitrogen and oxygen atoms in total. The molecule has 0 fully saturated rings. The Hall–Kier alpha value is -1.75. The van der Waals surface area contributed by atoms with Gasteiger partial charge in [-0.2, -0.15) is 0 Å². The van der Waals surface area contributed by atoms with Crippen LogP contribution in [0, 0.1) is 11.6 Å². The number of aromatic nitrogens is 1. The van der Waals surface area contributed by atoms with Crippen LogP contribution in [-0.4, -0.2) is 18.1 Å². The second-order valence-electron chi connectivity index (χ2n) is 3.23. The SMILES string of the molecule is COC(=O)c1cnc2c(F)ccc(F)c2c1Cl. The highest BCUT2D eigenvalue weighted by molar-refractivity contribution is 6.38. The zero-order valence-corrected chi connectivity index (χ0v) is 9.39. The van der Waals surface area contributed by atoms with Crippen molar-refractivity contribution in [1.29, 1.82) is 0 Å². The molecule has 17 heavy (non-hydrogen) atoms. The number of nitrogens with zero attached hydrogens (tertiary/aromatic N) is 1. The lowest BCUT2D eigenvalue weighted by molar-refractivity contribution is 0.0600. The number of carbonyl (C=O) groups is 1. The smallest absolute Gasteiger partial charge is 0.340 e. The van der Waals surface area contributed by atoms with E-state index in [0.29, 0.717) is 0 Å². The molecule has 0 aliphatic carbocycles. The van der Waals surface area contributed by atoms with E-state index in [1.165, 1.54) is 0 Å². The van der Waals surface area contributed by atoms with Crippen LogP contribution >= 0.6 is 11.6 Å². The Bertz CT molecular complexity index is 616. The number of hydrogen-bond donors (Lipinski definition) is 0. The van der Waals surface area contributed by atoms with Crippen LogP contribution in [0.25, 0.3) is 10.9 Å².